The lowest BCUT2D eigenvalue weighted by molar-refractivity contribution is -0.139. The van der Waals surface area contributed by atoms with E-state index in [4.69, 9.17) is 0 Å². The van der Waals surface area contributed by atoms with Crippen LogP contribution < -0.4 is 5.32 Å². The summed E-state index contributed by atoms with van der Waals surface area (Å²) in [6.45, 7) is 3.07. The Morgan fingerprint density at radius 3 is 2.39 bits per heavy atom. The molecule has 0 saturated carbocycles. The number of dihydropyridines is 1. The van der Waals surface area contributed by atoms with Crippen LogP contribution in [0.15, 0.2) is 47.0 Å². The van der Waals surface area contributed by atoms with E-state index in [0.717, 1.165) is 13.2 Å². The number of carbonyl (C=O) groups excluding carboxylic acids is 1. The average molecular weight is 327 g/mol. The van der Waals surface area contributed by atoms with Gasteiger partial charge < -0.3 is 15.2 Å². The van der Waals surface area contributed by atoms with Gasteiger partial charge in [-0.05, 0) is 25.5 Å². The van der Waals surface area contributed by atoms with Crippen molar-refractivity contribution in [3.63, 3.8) is 0 Å². The van der Waals surface area contributed by atoms with Gasteiger partial charge in [-0.15, -0.1) is 0 Å². The van der Waals surface area contributed by atoms with Crippen LogP contribution in [-0.2, 0) is 15.7 Å². The quantitative estimate of drug-likeness (QED) is 0.815. The molecular weight excluding hydrogens is 311 g/mol. The summed E-state index contributed by atoms with van der Waals surface area (Å²) in [7, 11) is 1.14. The van der Waals surface area contributed by atoms with E-state index in [0.29, 0.717) is 5.70 Å². The molecule has 7 heteroatoms. The zero-order valence-corrected chi connectivity index (χ0v) is 12.8. The van der Waals surface area contributed by atoms with Gasteiger partial charge in [-0.25, -0.2) is 4.79 Å². The smallest absolute Gasteiger partial charge is 0.416 e. The molecule has 2 N–H and O–H groups in total. The number of hydrogen-bond donors (Lipinski definition) is 2. The van der Waals surface area contributed by atoms with Gasteiger partial charge in [0, 0.05) is 5.70 Å². The van der Waals surface area contributed by atoms with Crippen molar-refractivity contribution in [1.82, 2.24) is 5.32 Å². The summed E-state index contributed by atoms with van der Waals surface area (Å²) in [5.74, 6) is -2.37. The van der Waals surface area contributed by atoms with E-state index in [2.05, 4.69) is 10.1 Å². The van der Waals surface area contributed by atoms with Gasteiger partial charge in [-0.1, -0.05) is 18.2 Å². The molecule has 1 heterocycles. The number of methoxy groups -OCH3 is 1. The molecule has 1 aliphatic heterocycles. The summed E-state index contributed by atoms with van der Waals surface area (Å²) in [6, 6.07) is 4.86. The molecule has 0 spiro atoms. The van der Waals surface area contributed by atoms with Crippen molar-refractivity contribution in [2.24, 2.45) is 0 Å². The zero-order chi connectivity index (χ0) is 17.4. The monoisotopic (exact) mass is 327 g/mol. The van der Waals surface area contributed by atoms with E-state index in [-0.39, 0.29) is 22.6 Å². The number of esters is 1. The van der Waals surface area contributed by atoms with Crippen LogP contribution in [0.2, 0.25) is 0 Å². The summed E-state index contributed by atoms with van der Waals surface area (Å²) in [5, 5.41) is 13.1. The molecule has 0 aromatic heterocycles. The van der Waals surface area contributed by atoms with Crippen molar-refractivity contribution >= 4 is 5.97 Å². The van der Waals surface area contributed by atoms with Gasteiger partial charge >= 0.3 is 12.1 Å². The molecule has 1 aromatic rings. The zero-order valence-electron chi connectivity index (χ0n) is 12.8. The summed E-state index contributed by atoms with van der Waals surface area (Å²) >= 11 is 0. The second-order valence-corrected chi connectivity index (χ2v) is 5.18. The maximum absolute atomic E-state index is 13.3. The molecule has 1 aliphatic rings. The standard InChI is InChI=1S/C16H16F3NO3/c1-8-12(15(22)23-3)13(14(21)9(2)20-8)10-6-4-5-7-11(10)16(17,18)19/h4-7,13,20-21H,1-3H3. The van der Waals surface area contributed by atoms with Crippen molar-refractivity contribution in [2.75, 3.05) is 7.11 Å². The molecule has 2 rings (SSSR count). The van der Waals surface area contributed by atoms with Crippen LogP contribution in [0.5, 0.6) is 0 Å². The second kappa shape index (κ2) is 5.98. The first-order valence-corrected chi connectivity index (χ1v) is 6.80. The van der Waals surface area contributed by atoms with E-state index in [1.807, 2.05) is 0 Å². The molecule has 0 amide bonds. The molecule has 0 bridgehead atoms. The van der Waals surface area contributed by atoms with E-state index in [1.165, 1.54) is 25.1 Å². The lowest BCUT2D eigenvalue weighted by atomic mass is 9.82. The van der Waals surface area contributed by atoms with Gasteiger partial charge in [0.2, 0.25) is 0 Å². The molecule has 1 aromatic carbocycles. The van der Waals surface area contributed by atoms with Crippen LogP contribution in [0.3, 0.4) is 0 Å². The lowest BCUT2D eigenvalue weighted by Crippen LogP contribution is -2.29. The summed E-state index contributed by atoms with van der Waals surface area (Å²) in [5.41, 5.74) is -0.517. The predicted molar refractivity (Wildman–Crippen MR) is 77.4 cm³/mol. The van der Waals surface area contributed by atoms with E-state index in [1.54, 1.807) is 6.92 Å². The van der Waals surface area contributed by atoms with Crippen LogP contribution in [0.25, 0.3) is 0 Å². The molecule has 0 saturated heterocycles. The van der Waals surface area contributed by atoms with E-state index >= 15 is 0 Å². The van der Waals surface area contributed by atoms with Gasteiger partial charge in [0.1, 0.15) is 5.76 Å². The highest BCUT2D eigenvalue weighted by Crippen LogP contribution is 2.42. The Morgan fingerprint density at radius 2 is 1.83 bits per heavy atom. The van der Waals surface area contributed by atoms with Gasteiger partial charge in [0.25, 0.3) is 0 Å². The molecule has 1 unspecified atom stereocenters. The number of nitrogens with one attached hydrogen (secondary N) is 1. The number of rotatable bonds is 2. The Hall–Kier alpha value is -2.44. The minimum absolute atomic E-state index is 0.0488. The molecule has 4 nitrogen and oxygen atoms in total. The first-order chi connectivity index (χ1) is 10.7. The SMILES string of the molecule is COC(=O)C1=C(C)NC(C)=C(O)C1c1ccccc1C(F)(F)F. The highest BCUT2D eigenvalue weighted by atomic mass is 19.4. The highest BCUT2D eigenvalue weighted by molar-refractivity contribution is 5.92. The molecular formula is C16H16F3NO3. The molecule has 0 radical (unpaired) electrons. The maximum Gasteiger partial charge on any atom is 0.416 e. The molecule has 0 fully saturated rings. The highest BCUT2D eigenvalue weighted by Gasteiger charge is 2.40. The fraction of sp³-hybridized carbons (Fsp3) is 0.312. The van der Waals surface area contributed by atoms with Crippen molar-refractivity contribution < 1.29 is 27.8 Å². The Balaban J connectivity index is 2.72. The number of halogens is 3. The van der Waals surface area contributed by atoms with E-state index in [9.17, 15) is 23.1 Å². The third-order valence-corrected chi connectivity index (χ3v) is 3.71. The number of ether oxygens (including phenoxy) is 1. The van der Waals surface area contributed by atoms with Gasteiger partial charge in [-0.3, -0.25) is 0 Å². The number of aliphatic hydroxyl groups is 1. The largest absolute Gasteiger partial charge is 0.509 e. The van der Waals surface area contributed by atoms with Crippen molar-refractivity contribution in [1.29, 1.82) is 0 Å². The molecule has 124 valence electrons. The molecule has 0 aliphatic carbocycles. The number of carbonyl (C=O) groups is 1. The number of hydrogen-bond acceptors (Lipinski definition) is 4. The van der Waals surface area contributed by atoms with Crippen LogP contribution in [-0.4, -0.2) is 18.2 Å². The van der Waals surface area contributed by atoms with Gasteiger partial charge in [-0.2, -0.15) is 13.2 Å². The summed E-state index contributed by atoms with van der Waals surface area (Å²) in [6.07, 6.45) is -4.61. The third kappa shape index (κ3) is 3.04. The van der Waals surface area contributed by atoms with Gasteiger partial charge in [0.05, 0.1) is 29.9 Å². The van der Waals surface area contributed by atoms with Crippen LogP contribution in [0, 0.1) is 0 Å². The fourth-order valence-electron chi connectivity index (χ4n) is 2.67. The van der Waals surface area contributed by atoms with Gasteiger partial charge in [0.15, 0.2) is 0 Å². The number of benzene rings is 1. The first kappa shape index (κ1) is 16.9. The Kier molecular flexibility index (Phi) is 4.40. The Bertz CT molecular complexity index is 705. The Labute approximate surface area is 131 Å². The first-order valence-electron chi connectivity index (χ1n) is 6.80. The van der Waals surface area contributed by atoms with Crippen LogP contribution in [0.4, 0.5) is 13.2 Å². The number of allylic oxidation sites excluding steroid dienone is 3. The molecule has 1 atom stereocenters. The van der Waals surface area contributed by atoms with Crippen molar-refractivity contribution in [3.8, 4) is 0 Å². The van der Waals surface area contributed by atoms with Crippen LogP contribution in [0.1, 0.15) is 30.9 Å². The maximum atomic E-state index is 13.3. The summed E-state index contributed by atoms with van der Waals surface area (Å²) in [4.78, 5) is 12.0. The average Bonchev–Trinajstić information content (AvgIpc) is 2.49. The topological polar surface area (TPSA) is 58.6 Å². The molecule has 23 heavy (non-hydrogen) atoms. The minimum atomic E-state index is -4.61. The fourth-order valence-corrected chi connectivity index (χ4v) is 2.67. The normalized spacial score (nSPS) is 18.8. The predicted octanol–water partition coefficient (Wildman–Crippen LogP) is 3.63. The van der Waals surface area contributed by atoms with E-state index < -0.39 is 23.6 Å². The number of alkyl halides is 3. The van der Waals surface area contributed by atoms with Crippen molar-refractivity contribution in [3.05, 3.63) is 58.1 Å². The van der Waals surface area contributed by atoms with Crippen LogP contribution >= 0.6 is 0 Å². The summed E-state index contributed by atoms with van der Waals surface area (Å²) < 4.78 is 44.5. The lowest BCUT2D eigenvalue weighted by Gasteiger charge is -2.29. The van der Waals surface area contributed by atoms with Crippen molar-refractivity contribution in [2.45, 2.75) is 25.9 Å². The minimum Gasteiger partial charge on any atom is -0.509 e. The Morgan fingerprint density at radius 1 is 1.22 bits per heavy atom. The number of aliphatic hydroxyl groups excluding tert-OH is 1. The second-order valence-electron chi connectivity index (χ2n) is 5.18. The third-order valence-electron chi connectivity index (χ3n) is 3.71.